The van der Waals surface area contributed by atoms with E-state index in [0.29, 0.717) is 22.8 Å². The Hall–Kier alpha value is -3.36. The molecule has 5 rings (SSSR count). The molecule has 0 unspecified atom stereocenters. The lowest BCUT2D eigenvalue weighted by molar-refractivity contribution is -0.144. The van der Waals surface area contributed by atoms with E-state index in [4.69, 9.17) is 9.72 Å². The second-order valence-corrected chi connectivity index (χ2v) is 10.8. The van der Waals surface area contributed by atoms with Gasteiger partial charge < -0.3 is 4.74 Å². The summed E-state index contributed by atoms with van der Waals surface area (Å²) in [5, 5.41) is 3.83. The number of nitrogens with zero attached hydrogens (tertiary/aromatic N) is 8. The smallest absolute Gasteiger partial charge is 0.453 e. The first-order valence-corrected chi connectivity index (χ1v) is 12.8. The number of fused-ring (bicyclic) bond motifs is 1. The molecule has 0 fully saturated rings. The van der Waals surface area contributed by atoms with Crippen molar-refractivity contribution in [1.29, 1.82) is 0 Å². The highest BCUT2D eigenvalue weighted by Gasteiger charge is 2.38. The lowest BCUT2D eigenvalue weighted by atomic mass is 10.2. The molecule has 9 nitrogen and oxygen atoms in total. The van der Waals surface area contributed by atoms with E-state index < -0.39 is 12.0 Å². The highest BCUT2D eigenvalue weighted by Crippen LogP contribution is 2.36. The van der Waals surface area contributed by atoms with Gasteiger partial charge in [0.1, 0.15) is 34.8 Å². The number of ether oxygens (including phenoxy) is 1. The molecule has 0 aliphatic rings. The van der Waals surface area contributed by atoms with Gasteiger partial charge >= 0.3 is 6.18 Å². The Balaban J connectivity index is 1.72. The van der Waals surface area contributed by atoms with Crippen molar-refractivity contribution in [2.45, 2.75) is 19.6 Å². The number of methoxy groups -OCH3 is 1. The van der Waals surface area contributed by atoms with Gasteiger partial charge in [-0.05, 0) is 66.3 Å². The largest absolute Gasteiger partial charge is 0.497 e. The molecule has 0 N–H and O–H groups in total. The Kier molecular flexibility index (Phi) is 6.96. The quantitative estimate of drug-likeness (QED) is 0.224. The topological polar surface area (TPSA) is 78.3 Å². The maximum absolute atomic E-state index is 13.8. The molecule has 0 saturated heterocycles. The molecule has 4 heterocycles. The number of hydrogen-bond acceptors (Lipinski definition) is 7. The lowest BCUT2D eigenvalue weighted by Crippen LogP contribution is -2.09. The van der Waals surface area contributed by atoms with Crippen LogP contribution in [0.25, 0.3) is 28.6 Å². The number of aryl methyl sites for hydroxylation is 1. The van der Waals surface area contributed by atoms with Gasteiger partial charge in [-0.15, -0.1) is 5.10 Å². The van der Waals surface area contributed by atoms with E-state index in [2.05, 4.69) is 31.0 Å². The maximum Gasteiger partial charge on any atom is 0.453 e. The maximum atomic E-state index is 13.8. The molecule has 0 bridgehead atoms. The fourth-order valence-electron chi connectivity index (χ4n) is 3.87. The molecule has 4 aromatic heterocycles. The molecular formula is C24H22BrF3N8OS. The highest BCUT2D eigenvalue weighted by molar-refractivity contribution is 9.10. The van der Waals surface area contributed by atoms with Gasteiger partial charge in [-0.2, -0.15) is 13.2 Å². The van der Waals surface area contributed by atoms with Crippen LogP contribution in [0.15, 0.2) is 53.5 Å². The Bertz CT molecular complexity index is 1610. The van der Waals surface area contributed by atoms with Crippen molar-refractivity contribution in [3.63, 3.8) is 0 Å². The Labute approximate surface area is 228 Å². The standard InChI is InChI=1S/C24H22BrF3N8OS/c1-14-9-19-30-20(21(35(19)11-17(14)25)18-12-34(13-29-18)38-33(2)3)22-31-23(24(26,27)28)32-36(22)10-15-5-7-16(37-4)8-6-15/h5-9,11-13H,10H2,1-4H3. The molecule has 0 atom stereocenters. The number of rotatable bonds is 7. The van der Waals surface area contributed by atoms with Crippen molar-refractivity contribution >= 4 is 33.7 Å². The first-order chi connectivity index (χ1) is 18.0. The summed E-state index contributed by atoms with van der Waals surface area (Å²) in [5.74, 6) is -0.621. The van der Waals surface area contributed by atoms with Crippen molar-refractivity contribution in [2.75, 3.05) is 21.2 Å². The zero-order valence-electron chi connectivity index (χ0n) is 20.7. The van der Waals surface area contributed by atoms with Crippen molar-refractivity contribution < 1.29 is 17.9 Å². The number of imidazole rings is 2. The molecule has 14 heteroatoms. The summed E-state index contributed by atoms with van der Waals surface area (Å²) in [5.41, 5.74) is 3.43. The van der Waals surface area contributed by atoms with Crippen LogP contribution in [0, 0.1) is 6.92 Å². The van der Waals surface area contributed by atoms with Crippen LogP contribution in [-0.2, 0) is 12.7 Å². The van der Waals surface area contributed by atoms with Crippen molar-refractivity contribution in [2.24, 2.45) is 0 Å². The number of alkyl halides is 3. The summed E-state index contributed by atoms with van der Waals surface area (Å²) in [6, 6.07) is 8.85. The molecule has 198 valence electrons. The number of aromatic nitrogens is 7. The SMILES string of the molecule is COc1ccc(Cn2nc(C(F)(F)F)nc2-c2nc3cc(C)c(Br)cn3c2-c2cn(SN(C)C)cn2)cc1. The Morgan fingerprint density at radius 3 is 2.50 bits per heavy atom. The molecule has 1 aromatic carbocycles. The molecule has 5 aromatic rings. The molecular weight excluding hydrogens is 585 g/mol. The molecule has 0 spiro atoms. The van der Waals surface area contributed by atoms with E-state index in [9.17, 15) is 13.2 Å². The summed E-state index contributed by atoms with van der Waals surface area (Å²) >= 11 is 4.95. The van der Waals surface area contributed by atoms with Crippen LogP contribution in [0.1, 0.15) is 17.0 Å². The zero-order chi connectivity index (χ0) is 27.2. The second-order valence-electron chi connectivity index (χ2n) is 8.62. The summed E-state index contributed by atoms with van der Waals surface area (Å²) in [6.07, 6.45) is 0.516. The van der Waals surface area contributed by atoms with Gasteiger partial charge in [0.25, 0.3) is 5.82 Å². The van der Waals surface area contributed by atoms with Crippen LogP contribution in [-0.4, -0.2) is 58.6 Å². The summed E-state index contributed by atoms with van der Waals surface area (Å²) in [7, 11) is 5.33. The normalized spacial score (nSPS) is 12.1. The van der Waals surface area contributed by atoms with Gasteiger partial charge in [0.15, 0.2) is 5.82 Å². The zero-order valence-corrected chi connectivity index (χ0v) is 23.1. The minimum absolute atomic E-state index is 0.0181. The van der Waals surface area contributed by atoms with E-state index in [1.807, 2.05) is 37.6 Å². The van der Waals surface area contributed by atoms with E-state index in [0.717, 1.165) is 15.6 Å². The molecule has 0 amide bonds. The molecule has 38 heavy (non-hydrogen) atoms. The fraction of sp³-hybridized carbons (Fsp3) is 0.250. The second kappa shape index (κ2) is 10.1. The first-order valence-electron chi connectivity index (χ1n) is 11.3. The predicted octanol–water partition coefficient (Wildman–Crippen LogP) is 5.58. The number of benzene rings is 1. The predicted molar refractivity (Wildman–Crippen MR) is 142 cm³/mol. The number of hydrogen-bond donors (Lipinski definition) is 0. The Morgan fingerprint density at radius 2 is 1.84 bits per heavy atom. The highest BCUT2D eigenvalue weighted by atomic mass is 79.9. The van der Waals surface area contributed by atoms with E-state index in [1.165, 1.54) is 16.8 Å². The first kappa shape index (κ1) is 26.3. The van der Waals surface area contributed by atoms with Crippen LogP contribution >= 0.6 is 28.1 Å². The van der Waals surface area contributed by atoms with Crippen molar-refractivity contribution in [1.82, 2.24) is 37.4 Å². The third-order valence-electron chi connectivity index (χ3n) is 5.59. The van der Waals surface area contributed by atoms with Crippen LogP contribution in [0.3, 0.4) is 0 Å². The van der Waals surface area contributed by atoms with Gasteiger partial charge in [-0.3, -0.25) is 8.37 Å². The van der Waals surface area contributed by atoms with E-state index >= 15 is 0 Å². The fourth-order valence-corrected chi connectivity index (χ4v) is 4.81. The third-order valence-corrected chi connectivity index (χ3v) is 7.14. The van der Waals surface area contributed by atoms with Crippen LogP contribution in [0.5, 0.6) is 5.75 Å². The molecule has 0 radical (unpaired) electrons. The van der Waals surface area contributed by atoms with Crippen LogP contribution in [0.4, 0.5) is 13.2 Å². The van der Waals surface area contributed by atoms with Gasteiger partial charge in [0.05, 0.1) is 13.7 Å². The molecule has 0 saturated carbocycles. The lowest BCUT2D eigenvalue weighted by Gasteiger charge is -2.08. The van der Waals surface area contributed by atoms with Gasteiger partial charge in [-0.1, -0.05) is 12.1 Å². The monoisotopic (exact) mass is 606 g/mol. The average Bonchev–Trinajstić information content (AvgIpc) is 3.56. The van der Waals surface area contributed by atoms with Gasteiger partial charge in [0.2, 0.25) is 0 Å². The summed E-state index contributed by atoms with van der Waals surface area (Å²) in [4.78, 5) is 13.2. The van der Waals surface area contributed by atoms with Gasteiger partial charge in [-0.25, -0.2) is 23.9 Å². The molecule has 0 aliphatic heterocycles. The van der Waals surface area contributed by atoms with Crippen LogP contribution in [0.2, 0.25) is 0 Å². The minimum atomic E-state index is -4.73. The van der Waals surface area contributed by atoms with Gasteiger partial charge in [0, 0.05) is 29.0 Å². The van der Waals surface area contributed by atoms with Crippen LogP contribution < -0.4 is 4.74 Å². The number of halogens is 4. The van der Waals surface area contributed by atoms with E-state index in [1.54, 1.807) is 52.3 Å². The van der Waals surface area contributed by atoms with Crippen molar-refractivity contribution in [3.05, 3.63) is 70.5 Å². The Morgan fingerprint density at radius 1 is 1.11 bits per heavy atom. The minimum Gasteiger partial charge on any atom is -0.497 e. The average molecular weight is 607 g/mol. The third kappa shape index (κ3) is 5.15. The van der Waals surface area contributed by atoms with Crippen molar-refractivity contribution in [3.8, 4) is 28.7 Å². The summed E-state index contributed by atoms with van der Waals surface area (Å²) < 4.78 is 54.1. The van der Waals surface area contributed by atoms with E-state index in [-0.39, 0.29) is 18.1 Å². The number of pyridine rings is 1. The molecule has 0 aliphatic carbocycles. The summed E-state index contributed by atoms with van der Waals surface area (Å²) in [6.45, 7) is 1.96.